The molecule has 0 aliphatic heterocycles. The van der Waals surface area contributed by atoms with Crippen LogP contribution >= 0.6 is 23.4 Å². The SMILES string of the molecule is CCOCCNc1nc(SC)nc2c1cnn2CCNC(=O)c1cccc(Cl)c1. The second-order valence-electron chi connectivity index (χ2n) is 6.05. The first kappa shape index (κ1) is 21.4. The predicted molar refractivity (Wildman–Crippen MR) is 116 cm³/mol. The number of thioether (sulfide) groups is 1. The van der Waals surface area contributed by atoms with Crippen molar-refractivity contribution in [2.75, 3.05) is 37.9 Å². The van der Waals surface area contributed by atoms with Crippen molar-refractivity contribution < 1.29 is 9.53 Å². The summed E-state index contributed by atoms with van der Waals surface area (Å²) in [5.41, 5.74) is 1.25. The lowest BCUT2D eigenvalue weighted by atomic mass is 10.2. The molecule has 2 heterocycles. The average Bonchev–Trinajstić information content (AvgIpc) is 3.14. The van der Waals surface area contributed by atoms with E-state index >= 15 is 0 Å². The summed E-state index contributed by atoms with van der Waals surface area (Å²) in [4.78, 5) is 21.4. The van der Waals surface area contributed by atoms with Crippen LogP contribution in [-0.2, 0) is 11.3 Å². The first-order chi connectivity index (χ1) is 14.1. The number of nitrogens with one attached hydrogen (secondary N) is 2. The van der Waals surface area contributed by atoms with Gasteiger partial charge in [-0.3, -0.25) is 4.79 Å². The summed E-state index contributed by atoms with van der Waals surface area (Å²) < 4.78 is 7.13. The van der Waals surface area contributed by atoms with E-state index in [1.54, 1.807) is 35.1 Å². The van der Waals surface area contributed by atoms with E-state index in [-0.39, 0.29) is 5.91 Å². The van der Waals surface area contributed by atoms with Gasteiger partial charge in [-0.2, -0.15) is 5.10 Å². The lowest BCUT2D eigenvalue weighted by Crippen LogP contribution is -2.27. The summed E-state index contributed by atoms with van der Waals surface area (Å²) >= 11 is 7.41. The number of benzene rings is 1. The molecule has 0 unspecified atom stereocenters. The number of aromatic nitrogens is 4. The van der Waals surface area contributed by atoms with Gasteiger partial charge in [0.1, 0.15) is 5.82 Å². The Hall–Kier alpha value is -2.36. The maximum absolute atomic E-state index is 12.3. The first-order valence-corrected chi connectivity index (χ1v) is 10.9. The van der Waals surface area contributed by atoms with E-state index in [9.17, 15) is 4.79 Å². The number of amides is 1. The van der Waals surface area contributed by atoms with Crippen LogP contribution in [0.1, 0.15) is 17.3 Å². The second kappa shape index (κ2) is 10.4. The summed E-state index contributed by atoms with van der Waals surface area (Å²) in [6.45, 7) is 4.78. The van der Waals surface area contributed by atoms with Gasteiger partial charge in [0.25, 0.3) is 5.91 Å². The standard InChI is InChI=1S/C19H23ClN6O2S/c1-3-28-10-8-21-16-15-12-23-26(17(15)25-19(24-16)29-2)9-7-22-18(27)13-5-4-6-14(20)11-13/h4-6,11-12H,3,7-10H2,1-2H3,(H,22,27)(H,21,24,25). The lowest BCUT2D eigenvalue weighted by Gasteiger charge is -2.09. The smallest absolute Gasteiger partial charge is 0.251 e. The third-order valence-corrected chi connectivity index (χ3v) is 4.88. The van der Waals surface area contributed by atoms with Gasteiger partial charge in [-0.15, -0.1) is 0 Å². The topological polar surface area (TPSA) is 94.0 Å². The Balaban J connectivity index is 1.68. The van der Waals surface area contributed by atoms with E-state index in [1.807, 2.05) is 13.2 Å². The van der Waals surface area contributed by atoms with Gasteiger partial charge in [0, 0.05) is 30.3 Å². The van der Waals surface area contributed by atoms with Crippen molar-refractivity contribution in [1.82, 2.24) is 25.1 Å². The van der Waals surface area contributed by atoms with E-state index in [0.717, 1.165) is 16.9 Å². The zero-order valence-electron chi connectivity index (χ0n) is 16.3. The molecule has 1 aromatic carbocycles. The molecule has 8 nitrogen and oxygen atoms in total. The molecule has 0 bridgehead atoms. The third kappa shape index (κ3) is 5.59. The van der Waals surface area contributed by atoms with E-state index < -0.39 is 0 Å². The van der Waals surface area contributed by atoms with Crippen LogP contribution in [0, 0.1) is 0 Å². The normalized spacial score (nSPS) is 11.0. The highest BCUT2D eigenvalue weighted by Crippen LogP contribution is 2.23. The quantitative estimate of drug-likeness (QED) is 0.287. The number of carbonyl (C=O) groups is 1. The molecule has 154 valence electrons. The zero-order valence-corrected chi connectivity index (χ0v) is 17.9. The minimum Gasteiger partial charge on any atom is -0.380 e. The summed E-state index contributed by atoms with van der Waals surface area (Å²) in [6, 6.07) is 6.84. The van der Waals surface area contributed by atoms with Crippen LogP contribution in [-0.4, -0.2) is 58.2 Å². The highest BCUT2D eigenvalue weighted by Gasteiger charge is 2.13. The van der Waals surface area contributed by atoms with Crippen molar-refractivity contribution in [3.8, 4) is 0 Å². The Kier molecular flexibility index (Phi) is 7.68. The number of halogens is 1. The molecule has 0 fully saturated rings. The fourth-order valence-electron chi connectivity index (χ4n) is 2.72. The Labute approximate surface area is 178 Å². The number of rotatable bonds is 10. The first-order valence-electron chi connectivity index (χ1n) is 9.25. The fraction of sp³-hybridized carbons (Fsp3) is 0.368. The molecule has 0 spiro atoms. The number of nitrogens with zero attached hydrogens (tertiary/aromatic N) is 4. The molecule has 29 heavy (non-hydrogen) atoms. The Morgan fingerprint density at radius 3 is 2.93 bits per heavy atom. The van der Waals surface area contributed by atoms with Gasteiger partial charge in [-0.25, -0.2) is 14.6 Å². The van der Waals surface area contributed by atoms with Gasteiger partial charge in [0.05, 0.1) is 24.7 Å². The third-order valence-electron chi connectivity index (χ3n) is 4.10. The summed E-state index contributed by atoms with van der Waals surface area (Å²) in [5, 5.41) is 12.6. The molecule has 0 atom stereocenters. The van der Waals surface area contributed by atoms with Crippen LogP contribution in [0.3, 0.4) is 0 Å². The molecular formula is C19H23ClN6O2S. The fourth-order valence-corrected chi connectivity index (χ4v) is 3.27. The molecule has 0 saturated heterocycles. The molecule has 2 N–H and O–H groups in total. The van der Waals surface area contributed by atoms with Gasteiger partial charge in [0.15, 0.2) is 10.8 Å². The van der Waals surface area contributed by atoms with Crippen molar-refractivity contribution in [3.63, 3.8) is 0 Å². The van der Waals surface area contributed by atoms with Crippen LogP contribution in [0.2, 0.25) is 5.02 Å². The molecule has 2 aromatic heterocycles. The number of ether oxygens (including phenoxy) is 1. The van der Waals surface area contributed by atoms with Crippen LogP contribution in [0.15, 0.2) is 35.6 Å². The molecule has 1 amide bonds. The lowest BCUT2D eigenvalue weighted by molar-refractivity contribution is 0.0952. The van der Waals surface area contributed by atoms with Gasteiger partial charge in [-0.05, 0) is 31.4 Å². The van der Waals surface area contributed by atoms with Crippen LogP contribution in [0.25, 0.3) is 11.0 Å². The predicted octanol–water partition coefficient (Wildman–Crippen LogP) is 3.08. The summed E-state index contributed by atoms with van der Waals surface area (Å²) in [5.74, 6) is 0.551. The molecule has 0 radical (unpaired) electrons. The summed E-state index contributed by atoms with van der Waals surface area (Å²) in [7, 11) is 0. The highest BCUT2D eigenvalue weighted by molar-refractivity contribution is 7.98. The van der Waals surface area contributed by atoms with Crippen molar-refractivity contribution in [2.45, 2.75) is 18.6 Å². The van der Waals surface area contributed by atoms with Crippen molar-refractivity contribution in [1.29, 1.82) is 0 Å². The van der Waals surface area contributed by atoms with Crippen LogP contribution < -0.4 is 10.6 Å². The molecule has 0 aliphatic rings. The minimum atomic E-state index is -0.179. The van der Waals surface area contributed by atoms with E-state index in [1.165, 1.54) is 11.8 Å². The molecule has 0 aliphatic carbocycles. The molecule has 3 aromatic rings. The van der Waals surface area contributed by atoms with Gasteiger partial charge in [0.2, 0.25) is 0 Å². The minimum absolute atomic E-state index is 0.179. The number of carbonyl (C=O) groups excluding carboxylic acids is 1. The Morgan fingerprint density at radius 2 is 2.17 bits per heavy atom. The van der Waals surface area contributed by atoms with E-state index in [2.05, 4.69) is 25.7 Å². The Morgan fingerprint density at radius 1 is 1.31 bits per heavy atom. The zero-order chi connectivity index (χ0) is 20.6. The second-order valence-corrected chi connectivity index (χ2v) is 7.26. The van der Waals surface area contributed by atoms with Crippen LogP contribution in [0.5, 0.6) is 0 Å². The van der Waals surface area contributed by atoms with E-state index in [0.29, 0.717) is 48.6 Å². The highest BCUT2D eigenvalue weighted by atomic mass is 35.5. The number of fused-ring (bicyclic) bond motifs is 1. The maximum atomic E-state index is 12.3. The van der Waals surface area contributed by atoms with Gasteiger partial charge in [-0.1, -0.05) is 29.4 Å². The number of hydrogen-bond donors (Lipinski definition) is 2. The van der Waals surface area contributed by atoms with Crippen molar-refractivity contribution in [3.05, 3.63) is 41.0 Å². The largest absolute Gasteiger partial charge is 0.380 e. The number of hydrogen-bond acceptors (Lipinski definition) is 7. The van der Waals surface area contributed by atoms with E-state index in [4.69, 9.17) is 16.3 Å². The summed E-state index contributed by atoms with van der Waals surface area (Å²) in [6.07, 6.45) is 3.66. The maximum Gasteiger partial charge on any atom is 0.251 e. The van der Waals surface area contributed by atoms with Gasteiger partial charge >= 0.3 is 0 Å². The monoisotopic (exact) mass is 434 g/mol. The molecule has 0 saturated carbocycles. The average molecular weight is 435 g/mol. The van der Waals surface area contributed by atoms with Gasteiger partial charge < -0.3 is 15.4 Å². The Bertz CT molecular complexity index is 980. The van der Waals surface area contributed by atoms with Crippen molar-refractivity contribution in [2.24, 2.45) is 0 Å². The molecule has 3 rings (SSSR count). The molecule has 10 heteroatoms. The van der Waals surface area contributed by atoms with Crippen molar-refractivity contribution >= 4 is 46.1 Å². The number of anilines is 1. The van der Waals surface area contributed by atoms with Crippen LogP contribution in [0.4, 0.5) is 5.82 Å². The molecular weight excluding hydrogens is 412 g/mol.